The van der Waals surface area contributed by atoms with E-state index in [1.165, 1.54) is 12.1 Å². The van der Waals surface area contributed by atoms with Crippen LogP contribution in [-0.2, 0) is 0 Å². The first-order valence-electron chi connectivity index (χ1n) is 6.11. The number of halogens is 2. The maximum atomic E-state index is 13.2. The molecule has 17 heavy (non-hydrogen) atoms. The molecule has 1 aliphatic heterocycles. The summed E-state index contributed by atoms with van der Waals surface area (Å²) in [5.41, 5.74) is 0.743. The van der Waals surface area contributed by atoms with Crippen molar-refractivity contribution in [1.29, 1.82) is 0 Å². The van der Waals surface area contributed by atoms with Crippen molar-refractivity contribution in [2.45, 2.75) is 19.4 Å². The first kappa shape index (κ1) is 12.5. The number of rotatable bonds is 3. The SMILES string of the molecule is CC[C@H](c1cc(F)cc(F)c1)N1CCNCC1. The molecule has 1 aromatic rings. The summed E-state index contributed by atoms with van der Waals surface area (Å²) >= 11 is 0. The Morgan fingerprint density at radius 1 is 1.18 bits per heavy atom. The van der Waals surface area contributed by atoms with Gasteiger partial charge in [-0.2, -0.15) is 0 Å². The molecule has 1 N–H and O–H groups in total. The van der Waals surface area contributed by atoms with Crippen molar-refractivity contribution in [3.05, 3.63) is 35.4 Å². The Morgan fingerprint density at radius 2 is 1.76 bits per heavy atom. The molecule has 1 saturated heterocycles. The first-order chi connectivity index (χ1) is 8.20. The molecule has 2 rings (SSSR count). The third-order valence-corrected chi connectivity index (χ3v) is 3.25. The third kappa shape index (κ3) is 3.01. The molecule has 1 aromatic carbocycles. The minimum Gasteiger partial charge on any atom is -0.314 e. The maximum Gasteiger partial charge on any atom is 0.126 e. The van der Waals surface area contributed by atoms with Crippen LogP contribution in [0.2, 0.25) is 0 Å². The van der Waals surface area contributed by atoms with E-state index >= 15 is 0 Å². The van der Waals surface area contributed by atoms with Gasteiger partial charge < -0.3 is 5.32 Å². The predicted molar refractivity (Wildman–Crippen MR) is 63.8 cm³/mol. The molecular weight excluding hydrogens is 222 g/mol. The highest BCUT2D eigenvalue weighted by Gasteiger charge is 2.21. The minimum absolute atomic E-state index is 0.113. The number of benzene rings is 1. The van der Waals surface area contributed by atoms with Gasteiger partial charge in [-0.25, -0.2) is 8.78 Å². The van der Waals surface area contributed by atoms with Crippen molar-refractivity contribution in [1.82, 2.24) is 10.2 Å². The van der Waals surface area contributed by atoms with Crippen LogP contribution in [0.15, 0.2) is 18.2 Å². The average Bonchev–Trinajstić information content (AvgIpc) is 2.30. The van der Waals surface area contributed by atoms with Gasteiger partial charge in [0.2, 0.25) is 0 Å². The summed E-state index contributed by atoms with van der Waals surface area (Å²) in [6.45, 7) is 5.78. The molecule has 0 unspecified atom stereocenters. The lowest BCUT2D eigenvalue weighted by Gasteiger charge is -2.34. The highest BCUT2D eigenvalue weighted by atomic mass is 19.1. The highest BCUT2D eigenvalue weighted by Crippen LogP contribution is 2.25. The van der Waals surface area contributed by atoms with Gasteiger partial charge in [0.1, 0.15) is 11.6 Å². The fourth-order valence-corrected chi connectivity index (χ4v) is 2.47. The smallest absolute Gasteiger partial charge is 0.126 e. The third-order valence-electron chi connectivity index (χ3n) is 3.25. The van der Waals surface area contributed by atoms with Crippen LogP contribution in [0.1, 0.15) is 24.9 Å². The van der Waals surface area contributed by atoms with E-state index in [1.807, 2.05) is 0 Å². The zero-order valence-corrected chi connectivity index (χ0v) is 10.0. The standard InChI is InChI=1S/C13H18F2N2/c1-2-13(17-5-3-16-4-6-17)10-7-11(14)9-12(15)8-10/h7-9,13,16H,2-6H2,1H3/t13-/m1/s1. The molecule has 0 saturated carbocycles. The van der Waals surface area contributed by atoms with Crippen molar-refractivity contribution in [2.24, 2.45) is 0 Å². The van der Waals surface area contributed by atoms with E-state index in [0.717, 1.165) is 44.2 Å². The van der Waals surface area contributed by atoms with Gasteiger partial charge in [0.05, 0.1) is 0 Å². The van der Waals surface area contributed by atoms with E-state index in [-0.39, 0.29) is 6.04 Å². The quantitative estimate of drug-likeness (QED) is 0.872. The molecule has 1 aliphatic rings. The predicted octanol–water partition coefficient (Wildman–Crippen LogP) is 2.32. The molecule has 1 heterocycles. The normalized spacial score (nSPS) is 19.2. The van der Waals surface area contributed by atoms with Crippen molar-refractivity contribution in [3.8, 4) is 0 Å². The van der Waals surface area contributed by atoms with E-state index in [9.17, 15) is 8.78 Å². The van der Waals surface area contributed by atoms with Crippen LogP contribution in [0, 0.1) is 11.6 Å². The summed E-state index contributed by atoms with van der Waals surface area (Å²) in [7, 11) is 0. The molecule has 0 aliphatic carbocycles. The van der Waals surface area contributed by atoms with E-state index in [2.05, 4.69) is 17.1 Å². The summed E-state index contributed by atoms with van der Waals surface area (Å²) in [5, 5.41) is 3.28. The Balaban J connectivity index is 2.21. The summed E-state index contributed by atoms with van der Waals surface area (Å²) < 4.78 is 26.4. The Kier molecular flexibility index (Phi) is 4.07. The van der Waals surface area contributed by atoms with Crippen LogP contribution in [0.3, 0.4) is 0 Å². The van der Waals surface area contributed by atoms with Crippen molar-refractivity contribution in [3.63, 3.8) is 0 Å². The molecular formula is C13H18F2N2. The number of nitrogens with zero attached hydrogens (tertiary/aromatic N) is 1. The number of hydrogen-bond acceptors (Lipinski definition) is 2. The fraction of sp³-hybridized carbons (Fsp3) is 0.538. The van der Waals surface area contributed by atoms with Crippen LogP contribution in [0.5, 0.6) is 0 Å². The van der Waals surface area contributed by atoms with Gasteiger partial charge in [-0.15, -0.1) is 0 Å². The van der Waals surface area contributed by atoms with Crippen molar-refractivity contribution < 1.29 is 8.78 Å². The second-order valence-electron chi connectivity index (χ2n) is 4.41. The number of nitrogens with one attached hydrogen (secondary N) is 1. The monoisotopic (exact) mass is 240 g/mol. The van der Waals surface area contributed by atoms with Gasteiger partial charge in [0, 0.05) is 38.3 Å². The van der Waals surface area contributed by atoms with Gasteiger partial charge in [-0.05, 0) is 24.1 Å². The van der Waals surface area contributed by atoms with Crippen LogP contribution in [0.4, 0.5) is 8.78 Å². The van der Waals surface area contributed by atoms with Crippen LogP contribution in [-0.4, -0.2) is 31.1 Å². The van der Waals surface area contributed by atoms with Gasteiger partial charge in [-0.3, -0.25) is 4.90 Å². The second kappa shape index (κ2) is 5.56. The summed E-state index contributed by atoms with van der Waals surface area (Å²) in [5.74, 6) is -0.984. The molecule has 0 spiro atoms. The minimum atomic E-state index is -0.492. The summed E-state index contributed by atoms with van der Waals surface area (Å²) in [6.07, 6.45) is 0.864. The zero-order valence-electron chi connectivity index (χ0n) is 10.0. The van der Waals surface area contributed by atoms with Crippen LogP contribution >= 0.6 is 0 Å². The van der Waals surface area contributed by atoms with E-state index < -0.39 is 11.6 Å². The largest absolute Gasteiger partial charge is 0.314 e. The summed E-state index contributed by atoms with van der Waals surface area (Å²) in [4.78, 5) is 2.28. The topological polar surface area (TPSA) is 15.3 Å². The highest BCUT2D eigenvalue weighted by molar-refractivity contribution is 5.21. The van der Waals surface area contributed by atoms with Crippen molar-refractivity contribution >= 4 is 0 Å². The molecule has 1 atom stereocenters. The van der Waals surface area contributed by atoms with Crippen LogP contribution < -0.4 is 5.32 Å². The Labute approximate surface area is 101 Å². The second-order valence-corrected chi connectivity index (χ2v) is 4.41. The van der Waals surface area contributed by atoms with E-state index in [0.29, 0.717) is 0 Å². The van der Waals surface area contributed by atoms with Gasteiger partial charge >= 0.3 is 0 Å². The molecule has 0 amide bonds. The van der Waals surface area contributed by atoms with E-state index in [1.54, 1.807) is 0 Å². The van der Waals surface area contributed by atoms with Gasteiger partial charge in [-0.1, -0.05) is 6.92 Å². The van der Waals surface area contributed by atoms with Gasteiger partial charge in [0.25, 0.3) is 0 Å². The molecule has 2 nitrogen and oxygen atoms in total. The number of piperazine rings is 1. The molecule has 1 fully saturated rings. The lowest BCUT2D eigenvalue weighted by Crippen LogP contribution is -2.45. The number of hydrogen-bond donors (Lipinski definition) is 1. The Hall–Kier alpha value is -1.00. The average molecular weight is 240 g/mol. The van der Waals surface area contributed by atoms with E-state index in [4.69, 9.17) is 0 Å². The molecule has 94 valence electrons. The Morgan fingerprint density at radius 3 is 2.29 bits per heavy atom. The lowest BCUT2D eigenvalue weighted by molar-refractivity contribution is 0.169. The zero-order chi connectivity index (χ0) is 12.3. The van der Waals surface area contributed by atoms with Crippen LogP contribution in [0.25, 0.3) is 0 Å². The molecule has 4 heteroatoms. The fourth-order valence-electron chi connectivity index (χ4n) is 2.47. The lowest BCUT2D eigenvalue weighted by atomic mass is 10.0. The first-order valence-corrected chi connectivity index (χ1v) is 6.11. The maximum absolute atomic E-state index is 13.2. The van der Waals surface area contributed by atoms with Gasteiger partial charge in [0.15, 0.2) is 0 Å². The molecule has 0 radical (unpaired) electrons. The Bertz CT molecular complexity index is 355. The van der Waals surface area contributed by atoms with Crippen molar-refractivity contribution in [2.75, 3.05) is 26.2 Å². The molecule has 0 bridgehead atoms. The molecule has 0 aromatic heterocycles. The summed E-state index contributed by atoms with van der Waals surface area (Å²) in [6, 6.07) is 3.93.